The number of carbonyl (C=O) groups is 1. The fourth-order valence-corrected chi connectivity index (χ4v) is 2.22. The number of benzene rings is 2. The number of aliphatic carboxylic acids is 1. The predicted molar refractivity (Wildman–Crippen MR) is 83.2 cm³/mol. The smallest absolute Gasteiger partial charge is 0.337 e. The summed E-state index contributed by atoms with van der Waals surface area (Å²) >= 11 is 0. The topological polar surface area (TPSA) is 46.5 Å². The SMILES string of the molecule is C[N+](C)(C)CCOC(C(=O)O)c1cccc2ccccc12. The first-order valence-corrected chi connectivity index (χ1v) is 7.01. The summed E-state index contributed by atoms with van der Waals surface area (Å²) in [4.78, 5) is 11.6. The zero-order chi connectivity index (χ0) is 15.5. The molecule has 4 nitrogen and oxygen atoms in total. The summed E-state index contributed by atoms with van der Waals surface area (Å²) in [5, 5.41) is 11.4. The largest absolute Gasteiger partial charge is 0.479 e. The van der Waals surface area contributed by atoms with E-state index in [1.54, 1.807) is 0 Å². The fraction of sp³-hybridized carbons (Fsp3) is 0.353. The van der Waals surface area contributed by atoms with E-state index in [2.05, 4.69) is 21.1 Å². The van der Waals surface area contributed by atoms with E-state index in [9.17, 15) is 9.90 Å². The number of fused-ring (bicyclic) bond motifs is 1. The van der Waals surface area contributed by atoms with Crippen LogP contribution in [-0.2, 0) is 9.53 Å². The van der Waals surface area contributed by atoms with Crippen molar-refractivity contribution >= 4 is 16.7 Å². The van der Waals surface area contributed by atoms with Crippen LogP contribution in [0.25, 0.3) is 10.8 Å². The number of carboxylic acid groups (broad SMARTS) is 1. The second kappa shape index (κ2) is 6.24. The van der Waals surface area contributed by atoms with Crippen LogP contribution in [0.1, 0.15) is 11.7 Å². The number of quaternary nitrogens is 1. The maximum atomic E-state index is 11.6. The highest BCUT2D eigenvalue weighted by molar-refractivity contribution is 5.90. The molecule has 2 rings (SSSR count). The first-order chi connectivity index (χ1) is 9.88. The van der Waals surface area contributed by atoms with E-state index >= 15 is 0 Å². The van der Waals surface area contributed by atoms with Gasteiger partial charge in [-0.25, -0.2) is 4.79 Å². The molecule has 0 radical (unpaired) electrons. The van der Waals surface area contributed by atoms with Crippen LogP contribution in [-0.4, -0.2) is 49.9 Å². The average Bonchev–Trinajstić information content (AvgIpc) is 2.42. The highest BCUT2D eigenvalue weighted by atomic mass is 16.5. The number of carboxylic acids is 1. The van der Waals surface area contributed by atoms with E-state index in [1.165, 1.54) is 0 Å². The fourth-order valence-electron chi connectivity index (χ4n) is 2.22. The summed E-state index contributed by atoms with van der Waals surface area (Å²) < 4.78 is 6.40. The summed E-state index contributed by atoms with van der Waals surface area (Å²) in [5.41, 5.74) is 0.710. The molecule has 0 amide bonds. The molecule has 2 aromatic carbocycles. The minimum atomic E-state index is -0.951. The zero-order valence-corrected chi connectivity index (χ0v) is 12.7. The predicted octanol–water partition coefficient (Wildman–Crippen LogP) is 2.69. The van der Waals surface area contributed by atoms with Crippen LogP contribution < -0.4 is 0 Å². The maximum Gasteiger partial charge on any atom is 0.337 e. The molecule has 1 unspecified atom stereocenters. The van der Waals surface area contributed by atoms with Gasteiger partial charge in [0.1, 0.15) is 6.54 Å². The molecular formula is C17H22NO3+. The van der Waals surface area contributed by atoms with Gasteiger partial charge in [0.05, 0.1) is 27.7 Å². The molecule has 112 valence electrons. The first kappa shape index (κ1) is 15.5. The van der Waals surface area contributed by atoms with Gasteiger partial charge in [-0.1, -0.05) is 42.5 Å². The van der Waals surface area contributed by atoms with E-state index in [0.717, 1.165) is 21.8 Å². The summed E-state index contributed by atoms with van der Waals surface area (Å²) in [6.45, 7) is 1.16. The molecule has 0 saturated heterocycles. The van der Waals surface area contributed by atoms with Crippen molar-refractivity contribution in [1.29, 1.82) is 0 Å². The van der Waals surface area contributed by atoms with Gasteiger partial charge in [0.2, 0.25) is 0 Å². The third-order valence-corrected chi connectivity index (χ3v) is 3.38. The van der Waals surface area contributed by atoms with E-state index in [0.29, 0.717) is 12.2 Å². The second-order valence-corrected chi connectivity index (χ2v) is 6.17. The Kier molecular flexibility index (Phi) is 4.60. The van der Waals surface area contributed by atoms with Crippen molar-refractivity contribution in [1.82, 2.24) is 0 Å². The van der Waals surface area contributed by atoms with Crippen LogP contribution in [0, 0.1) is 0 Å². The molecule has 0 aliphatic rings. The standard InChI is InChI=1S/C17H21NO3/c1-18(2,3)11-12-21-16(17(19)20)15-10-6-8-13-7-4-5-9-14(13)15/h4-10,16H,11-12H2,1-3H3/p+1. The lowest BCUT2D eigenvalue weighted by Crippen LogP contribution is -2.38. The third-order valence-electron chi connectivity index (χ3n) is 3.38. The monoisotopic (exact) mass is 288 g/mol. The maximum absolute atomic E-state index is 11.6. The van der Waals surface area contributed by atoms with E-state index in [4.69, 9.17) is 4.74 Å². The minimum Gasteiger partial charge on any atom is -0.479 e. The quantitative estimate of drug-likeness (QED) is 0.831. The summed E-state index contributed by atoms with van der Waals surface area (Å²) in [6.07, 6.45) is -0.928. The number of hydrogen-bond acceptors (Lipinski definition) is 2. The number of likely N-dealkylation sites (N-methyl/N-ethyl adjacent to an activating group) is 1. The van der Waals surface area contributed by atoms with E-state index in [-0.39, 0.29) is 0 Å². The number of nitrogens with zero attached hydrogens (tertiary/aromatic N) is 1. The molecule has 4 heteroatoms. The Balaban J connectivity index is 2.27. The second-order valence-electron chi connectivity index (χ2n) is 6.17. The van der Waals surface area contributed by atoms with Crippen molar-refractivity contribution in [2.24, 2.45) is 0 Å². The number of hydrogen-bond donors (Lipinski definition) is 1. The van der Waals surface area contributed by atoms with Gasteiger partial charge in [-0.3, -0.25) is 0 Å². The molecule has 0 fully saturated rings. The highest BCUT2D eigenvalue weighted by Crippen LogP contribution is 2.27. The Morgan fingerprint density at radius 1 is 1.14 bits per heavy atom. The molecule has 0 aliphatic heterocycles. The lowest BCUT2D eigenvalue weighted by Gasteiger charge is -2.25. The van der Waals surface area contributed by atoms with Crippen LogP contribution in [0.2, 0.25) is 0 Å². The van der Waals surface area contributed by atoms with Gasteiger partial charge in [-0.05, 0) is 16.3 Å². The molecule has 1 N–H and O–H groups in total. The summed E-state index contributed by atoms with van der Waals surface area (Å²) in [7, 11) is 6.16. The molecule has 0 aliphatic carbocycles. The van der Waals surface area contributed by atoms with Crippen LogP contribution in [0.15, 0.2) is 42.5 Å². The lowest BCUT2D eigenvalue weighted by molar-refractivity contribution is -0.870. The number of rotatable bonds is 6. The van der Waals surface area contributed by atoms with Crippen LogP contribution in [0.3, 0.4) is 0 Å². The molecule has 0 saturated carbocycles. The van der Waals surface area contributed by atoms with Crippen molar-refractivity contribution in [3.63, 3.8) is 0 Å². The van der Waals surface area contributed by atoms with Gasteiger partial charge in [0.25, 0.3) is 0 Å². The van der Waals surface area contributed by atoms with Crippen LogP contribution >= 0.6 is 0 Å². The van der Waals surface area contributed by atoms with Crippen LogP contribution in [0.4, 0.5) is 0 Å². The van der Waals surface area contributed by atoms with Crippen molar-refractivity contribution in [2.75, 3.05) is 34.3 Å². The molecule has 21 heavy (non-hydrogen) atoms. The minimum absolute atomic E-state index is 0.406. The van der Waals surface area contributed by atoms with Gasteiger partial charge >= 0.3 is 5.97 Å². The average molecular weight is 288 g/mol. The molecular weight excluding hydrogens is 266 g/mol. The molecule has 0 bridgehead atoms. The van der Waals surface area contributed by atoms with Gasteiger partial charge < -0.3 is 14.3 Å². The summed E-state index contributed by atoms with van der Waals surface area (Å²) in [5.74, 6) is -0.951. The van der Waals surface area contributed by atoms with E-state index < -0.39 is 12.1 Å². The molecule has 2 aromatic rings. The van der Waals surface area contributed by atoms with Gasteiger partial charge in [0, 0.05) is 0 Å². The van der Waals surface area contributed by atoms with E-state index in [1.807, 2.05) is 42.5 Å². The van der Waals surface area contributed by atoms with Gasteiger partial charge in [-0.2, -0.15) is 0 Å². The Morgan fingerprint density at radius 2 is 1.81 bits per heavy atom. The third kappa shape index (κ3) is 4.03. The lowest BCUT2D eigenvalue weighted by atomic mass is 10.0. The Labute approximate surface area is 125 Å². The van der Waals surface area contributed by atoms with Crippen molar-refractivity contribution in [3.8, 4) is 0 Å². The normalized spacial score (nSPS) is 13.3. The molecule has 0 spiro atoms. The van der Waals surface area contributed by atoms with Crippen molar-refractivity contribution in [2.45, 2.75) is 6.10 Å². The molecule has 0 aromatic heterocycles. The number of ether oxygens (including phenoxy) is 1. The van der Waals surface area contributed by atoms with Crippen molar-refractivity contribution < 1.29 is 19.1 Å². The molecule has 0 heterocycles. The highest BCUT2D eigenvalue weighted by Gasteiger charge is 2.23. The van der Waals surface area contributed by atoms with Gasteiger partial charge in [-0.15, -0.1) is 0 Å². The van der Waals surface area contributed by atoms with Crippen molar-refractivity contribution in [3.05, 3.63) is 48.0 Å². The Hall–Kier alpha value is -1.91. The van der Waals surface area contributed by atoms with Crippen LogP contribution in [0.5, 0.6) is 0 Å². The Bertz CT molecular complexity index is 626. The zero-order valence-electron chi connectivity index (χ0n) is 12.7. The Morgan fingerprint density at radius 3 is 2.48 bits per heavy atom. The molecule has 1 atom stereocenters. The first-order valence-electron chi connectivity index (χ1n) is 7.01. The van der Waals surface area contributed by atoms with Gasteiger partial charge in [0.15, 0.2) is 6.10 Å². The summed E-state index contributed by atoms with van der Waals surface area (Å²) in [6, 6.07) is 13.4.